The highest BCUT2D eigenvalue weighted by Crippen LogP contribution is 2.36. The molecule has 0 aromatic heterocycles. The Morgan fingerprint density at radius 1 is 1.50 bits per heavy atom. The van der Waals surface area contributed by atoms with Crippen LogP contribution in [0.1, 0.15) is 6.42 Å². The highest BCUT2D eigenvalue weighted by Gasteiger charge is 2.16. The molecule has 0 bridgehead atoms. The fraction of sp³-hybridized carbons (Fsp3) is 1.00. The average Bonchev–Trinajstić information content (AvgIpc) is 1.59. The molecule has 1 unspecified atom stereocenters. The number of hydrogen-bond donors (Lipinski definition) is 0. The molecular formula is C3H4Br3O3S-. The van der Waals surface area contributed by atoms with Crippen molar-refractivity contribution in [1.29, 1.82) is 0 Å². The summed E-state index contributed by atoms with van der Waals surface area (Å²) >= 11 is 7.13. The maximum absolute atomic E-state index is 9.82. The zero-order valence-corrected chi connectivity index (χ0v) is 10.3. The normalized spacial score (nSPS) is 15.2. The van der Waals surface area contributed by atoms with Gasteiger partial charge in [0.1, 0.15) is 2.14 Å². The Morgan fingerprint density at radius 2 is 2.00 bits per heavy atom. The molecule has 0 spiro atoms. The van der Waals surface area contributed by atoms with Crippen LogP contribution in [0.3, 0.4) is 0 Å². The lowest BCUT2D eigenvalue weighted by atomic mass is 10.5. The standard InChI is InChI=1S/C3H5Br3O3S/c4-3(5,6)1-2-9-10(7)8/h1-2H2,(H,7,8)/p-1. The summed E-state index contributed by atoms with van der Waals surface area (Å²) in [7, 11) is 0. The molecule has 0 saturated heterocycles. The summed E-state index contributed by atoms with van der Waals surface area (Å²) in [4.78, 5) is 0. The molecule has 0 N–H and O–H groups in total. The second-order valence-electron chi connectivity index (χ2n) is 1.39. The maximum atomic E-state index is 9.82. The minimum absolute atomic E-state index is 0.137. The largest absolute Gasteiger partial charge is 0.750 e. The van der Waals surface area contributed by atoms with Gasteiger partial charge in [-0.1, -0.05) is 47.8 Å². The van der Waals surface area contributed by atoms with E-state index in [1.807, 2.05) is 0 Å². The molecule has 0 saturated carbocycles. The van der Waals surface area contributed by atoms with E-state index in [1.54, 1.807) is 0 Å². The van der Waals surface area contributed by atoms with Crippen LogP contribution in [-0.2, 0) is 15.5 Å². The molecule has 0 rings (SSSR count). The first-order valence-electron chi connectivity index (χ1n) is 2.21. The van der Waals surface area contributed by atoms with E-state index in [2.05, 4.69) is 52.0 Å². The van der Waals surface area contributed by atoms with Gasteiger partial charge in [0, 0.05) is 6.42 Å². The summed E-state index contributed by atoms with van der Waals surface area (Å²) in [6.07, 6.45) is 0.501. The molecule has 0 radical (unpaired) electrons. The van der Waals surface area contributed by atoms with Crippen LogP contribution in [0.25, 0.3) is 0 Å². The van der Waals surface area contributed by atoms with Crippen molar-refractivity contribution in [3.05, 3.63) is 0 Å². The van der Waals surface area contributed by atoms with Crippen LogP contribution in [-0.4, -0.2) is 17.5 Å². The summed E-state index contributed by atoms with van der Waals surface area (Å²) in [5.41, 5.74) is 0. The van der Waals surface area contributed by atoms with Crippen LogP contribution >= 0.6 is 47.8 Å². The van der Waals surface area contributed by atoms with Gasteiger partial charge in [0.25, 0.3) is 0 Å². The molecule has 3 nitrogen and oxygen atoms in total. The second-order valence-corrected chi connectivity index (χ2v) is 9.29. The van der Waals surface area contributed by atoms with Gasteiger partial charge in [0.05, 0.1) is 18.0 Å². The minimum Gasteiger partial charge on any atom is -0.750 e. The topological polar surface area (TPSA) is 49.4 Å². The molecule has 62 valence electrons. The molecular weight excluding hydrogens is 356 g/mol. The molecule has 10 heavy (non-hydrogen) atoms. The Labute approximate surface area is 86.8 Å². The minimum atomic E-state index is -2.41. The zero-order chi connectivity index (χ0) is 8.20. The van der Waals surface area contributed by atoms with Gasteiger partial charge in [0.15, 0.2) is 0 Å². The van der Waals surface area contributed by atoms with E-state index in [0.717, 1.165) is 0 Å². The first-order valence-corrected chi connectivity index (χ1v) is 5.59. The van der Waals surface area contributed by atoms with Crippen LogP contribution in [0.15, 0.2) is 0 Å². The molecule has 0 amide bonds. The SMILES string of the molecule is O=S([O-])OCCC(Br)(Br)Br. The Kier molecular flexibility index (Phi) is 5.99. The van der Waals surface area contributed by atoms with Crippen molar-refractivity contribution in [2.75, 3.05) is 6.61 Å². The number of halogens is 3. The van der Waals surface area contributed by atoms with Crippen LogP contribution in [0.5, 0.6) is 0 Å². The van der Waals surface area contributed by atoms with E-state index in [-0.39, 0.29) is 6.61 Å². The van der Waals surface area contributed by atoms with Gasteiger partial charge >= 0.3 is 0 Å². The highest BCUT2D eigenvalue weighted by atomic mass is 80.0. The lowest BCUT2D eigenvalue weighted by molar-refractivity contribution is 0.299. The van der Waals surface area contributed by atoms with Crippen molar-refractivity contribution in [3.63, 3.8) is 0 Å². The number of alkyl halides is 3. The molecule has 0 aromatic carbocycles. The van der Waals surface area contributed by atoms with Gasteiger partial charge in [0.2, 0.25) is 0 Å². The summed E-state index contributed by atoms with van der Waals surface area (Å²) in [5.74, 6) is 0. The van der Waals surface area contributed by atoms with Crippen molar-refractivity contribution < 1.29 is 12.9 Å². The van der Waals surface area contributed by atoms with Crippen molar-refractivity contribution >= 4 is 59.2 Å². The molecule has 0 aliphatic carbocycles. The lowest BCUT2D eigenvalue weighted by Gasteiger charge is -2.11. The van der Waals surface area contributed by atoms with Gasteiger partial charge in [-0.3, -0.25) is 0 Å². The fourth-order valence-corrected chi connectivity index (χ4v) is 0.930. The van der Waals surface area contributed by atoms with E-state index in [0.29, 0.717) is 6.42 Å². The fourth-order valence-electron chi connectivity index (χ4n) is 0.225. The Bertz CT molecular complexity index is 123. The van der Waals surface area contributed by atoms with E-state index in [1.165, 1.54) is 0 Å². The van der Waals surface area contributed by atoms with Crippen molar-refractivity contribution in [2.24, 2.45) is 0 Å². The van der Waals surface area contributed by atoms with Crippen molar-refractivity contribution in [2.45, 2.75) is 8.56 Å². The van der Waals surface area contributed by atoms with Crippen molar-refractivity contribution in [1.82, 2.24) is 0 Å². The van der Waals surface area contributed by atoms with Crippen LogP contribution in [0.2, 0.25) is 0 Å². The van der Waals surface area contributed by atoms with E-state index >= 15 is 0 Å². The van der Waals surface area contributed by atoms with Crippen molar-refractivity contribution in [3.8, 4) is 0 Å². The first kappa shape index (κ1) is 11.5. The number of rotatable bonds is 3. The molecule has 0 heterocycles. The predicted molar refractivity (Wildman–Crippen MR) is 49.0 cm³/mol. The average molecular weight is 360 g/mol. The molecule has 0 aliphatic heterocycles. The second kappa shape index (κ2) is 5.21. The summed E-state index contributed by atoms with van der Waals surface area (Å²) in [5, 5.41) is 0. The van der Waals surface area contributed by atoms with E-state index < -0.39 is 13.5 Å². The monoisotopic (exact) mass is 357 g/mol. The summed E-state index contributed by atoms with van der Waals surface area (Å²) < 4.78 is 23.5. The van der Waals surface area contributed by atoms with E-state index in [4.69, 9.17) is 0 Å². The molecule has 0 aromatic rings. The summed E-state index contributed by atoms with van der Waals surface area (Å²) in [6.45, 7) is 0.137. The van der Waals surface area contributed by atoms with Gasteiger partial charge in [-0.2, -0.15) is 0 Å². The van der Waals surface area contributed by atoms with Crippen LogP contribution in [0, 0.1) is 0 Å². The Balaban J connectivity index is 3.29. The van der Waals surface area contributed by atoms with Crippen LogP contribution < -0.4 is 0 Å². The third-order valence-corrected chi connectivity index (χ3v) is 2.11. The lowest BCUT2D eigenvalue weighted by Crippen LogP contribution is -2.06. The third kappa shape index (κ3) is 9.51. The molecule has 7 heteroatoms. The first-order chi connectivity index (χ1) is 4.42. The van der Waals surface area contributed by atoms with E-state index in [9.17, 15) is 8.76 Å². The van der Waals surface area contributed by atoms with Gasteiger partial charge < -0.3 is 8.74 Å². The Hall–Kier alpha value is 1.51. The smallest absolute Gasteiger partial charge is 0.137 e. The number of hydrogen-bond acceptors (Lipinski definition) is 3. The van der Waals surface area contributed by atoms with Gasteiger partial charge in [-0.15, -0.1) is 0 Å². The Morgan fingerprint density at radius 3 is 2.30 bits per heavy atom. The highest BCUT2D eigenvalue weighted by molar-refractivity contribution is 9.39. The third-order valence-electron chi connectivity index (χ3n) is 0.565. The predicted octanol–water partition coefficient (Wildman–Crippen LogP) is 2.03. The molecule has 0 aliphatic rings. The molecule has 1 atom stereocenters. The van der Waals surface area contributed by atoms with Gasteiger partial charge in [-0.25, -0.2) is 4.21 Å². The van der Waals surface area contributed by atoms with Crippen LogP contribution in [0.4, 0.5) is 0 Å². The zero-order valence-electron chi connectivity index (χ0n) is 4.68. The van der Waals surface area contributed by atoms with Gasteiger partial charge in [-0.05, 0) is 0 Å². The maximum Gasteiger partial charge on any atom is 0.137 e. The summed E-state index contributed by atoms with van der Waals surface area (Å²) in [6, 6.07) is 0. The molecule has 0 fully saturated rings. The quantitative estimate of drug-likeness (QED) is 0.572.